The van der Waals surface area contributed by atoms with Crippen LogP contribution in [0.5, 0.6) is 0 Å². The zero-order valence-corrected chi connectivity index (χ0v) is 16.3. The summed E-state index contributed by atoms with van der Waals surface area (Å²) in [6.07, 6.45) is 2.53. The van der Waals surface area contributed by atoms with Crippen molar-refractivity contribution < 1.29 is 13.9 Å². The summed E-state index contributed by atoms with van der Waals surface area (Å²) in [5, 5.41) is 5.54. The molecule has 0 radical (unpaired) electrons. The Morgan fingerprint density at radius 3 is 2.68 bits per heavy atom. The van der Waals surface area contributed by atoms with Crippen molar-refractivity contribution in [2.75, 3.05) is 24.5 Å². The highest BCUT2D eigenvalue weighted by atomic mass is 19.1. The number of benzene rings is 1. The molecule has 1 aromatic heterocycles. The number of hydrogen-bond donors (Lipinski definition) is 2. The Morgan fingerprint density at radius 2 is 2.00 bits per heavy atom. The molecule has 1 aliphatic heterocycles. The number of ether oxygens (including phenoxy) is 1. The summed E-state index contributed by atoms with van der Waals surface area (Å²) in [5.74, 6) is -0.281. The monoisotopic (exact) mass is 386 g/mol. The molecule has 2 aromatic rings. The van der Waals surface area contributed by atoms with Crippen LogP contribution < -0.4 is 15.5 Å². The van der Waals surface area contributed by atoms with Crippen LogP contribution in [-0.4, -0.2) is 42.9 Å². The van der Waals surface area contributed by atoms with Gasteiger partial charge in [0, 0.05) is 44.5 Å². The highest BCUT2D eigenvalue weighted by Gasteiger charge is 2.24. The Hall–Kier alpha value is -2.67. The lowest BCUT2D eigenvalue weighted by Crippen LogP contribution is -2.45. The van der Waals surface area contributed by atoms with Gasteiger partial charge in [-0.2, -0.15) is 0 Å². The van der Waals surface area contributed by atoms with Gasteiger partial charge in [0.05, 0.1) is 17.9 Å². The number of anilines is 1. The summed E-state index contributed by atoms with van der Waals surface area (Å²) in [4.78, 5) is 18.1. The average molecular weight is 386 g/mol. The number of rotatable bonds is 6. The normalized spacial score (nSPS) is 19.3. The smallest absolute Gasteiger partial charge is 0.315 e. The second kappa shape index (κ2) is 9.50. The van der Waals surface area contributed by atoms with Crippen molar-refractivity contribution in [3.63, 3.8) is 0 Å². The molecule has 2 unspecified atom stereocenters. The molecule has 2 atom stereocenters. The standard InChI is InChI=1S/C21H27FN4O2/c1-15-13-26(14-16(2)28-15)20-7-6-17(11-19(20)22)12-25-21(27)24-10-8-18-5-3-4-9-23-18/h3-7,9,11,15-16H,8,10,12-14H2,1-2H3,(H2,24,25,27). The number of nitrogens with one attached hydrogen (secondary N) is 2. The highest BCUT2D eigenvalue weighted by Crippen LogP contribution is 2.24. The quantitative estimate of drug-likeness (QED) is 0.801. The van der Waals surface area contributed by atoms with Crippen LogP contribution in [0.2, 0.25) is 0 Å². The van der Waals surface area contributed by atoms with E-state index >= 15 is 0 Å². The minimum atomic E-state index is -0.281. The lowest BCUT2D eigenvalue weighted by molar-refractivity contribution is -0.00539. The lowest BCUT2D eigenvalue weighted by Gasteiger charge is -2.37. The van der Waals surface area contributed by atoms with Gasteiger partial charge in [-0.1, -0.05) is 12.1 Å². The summed E-state index contributed by atoms with van der Waals surface area (Å²) in [6, 6.07) is 10.5. The van der Waals surface area contributed by atoms with Gasteiger partial charge in [-0.25, -0.2) is 9.18 Å². The minimum Gasteiger partial charge on any atom is -0.372 e. The molecule has 1 saturated heterocycles. The first-order valence-corrected chi connectivity index (χ1v) is 9.61. The first-order valence-electron chi connectivity index (χ1n) is 9.61. The van der Waals surface area contributed by atoms with E-state index in [9.17, 15) is 9.18 Å². The van der Waals surface area contributed by atoms with Crippen molar-refractivity contribution >= 4 is 11.7 Å². The summed E-state index contributed by atoms with van der Waals surface area (Å²) in [5.41, 5.74) is 2.22. The Kier molecular flexibility index (Phi) is 6.81. The molecule has 0 aliphatic carbocycles. The fourth-order valence-corrected chi connectivity index (χ4v) is 3.39. The molecule has 2 amide bonds. The minimum absolute atomic E-state index is 0.0688. The number of nitrogens with zero attached hydrogens (tertiary/aromatic N) is 2. The molecule has 0 spiro atoms. The van der Waals surface area contributed by atoms with Gasteiger partial charge in [0.2, 0.25) is 0 Å². The fraction of sp³-hybridized carbons (Fsp3) is 0.429. The molecule has 1 aliphatic rings. The molecule has 28 heavy (non-hydrogen) atoms. The zero-order chi connectivity index (χ0) is 19.9. The Bertz CT molecular complexity index is 777. The summed E-state index contributed by atoms with van der Waals surface area (Å²) >= 11 is 0. The molecule has 6 nitrogen and oxygen atoms in total. The molecule has 0 bridgehead atoms. The average Bonchev–Trinajstić information content (AvgIpc) is 2.66. The molecule has 1 fully saturated rings. The van der Waals surface area contributed by atoms with Crippen molar-refractivity contribution in [3.05, 3.63) is 59.7 Å². The van der Waals surface area contributed by atoms with Crippen LogP contribution in [0.15, 0.2) is 42.6 Å². The second-order valence-electron chi connectivity index (χ2n) is 7.13. The SMILES string of the molecule is CC1CN(c2ccc(CNC(=O)NCCc3ccccn3)cc2F)CC(C)O1. The Labute approximate surface area is 165 Å². The Balaban J connectivity index is 1.47. The van der Waals surface area contributed by atoms with Crippen LogP contribution in [0.25, 0.3) is 0 Å². The molecular weight excluding hydrogens is 359 g/mol. The zero-order valence-electron chi connectivity index (χ0n) is 16.3. The highest BCUT2D eigenvalue weighted by molar-refractivity contribution is 5.73. The largest absolute Gasteiger partial charge is 0.372 e. The van der Waals surface area contributed by atoms with Crippen molar-refractivity contribution in [1.82, 2.24) is 15.6 Å². The fourth-order valence-electron chi connectivity index (χ4n) is 3.39. The first kappa shape index (κ1) is 20.1. The van der Waals surface area contributed by atoms with E-state index in [0.29, 0.717) is 31.7 Å². The summed E-state index contributed by atoms with van der Waals surface area (Å²) < 4.78 is 20.3. The predicted molar refractivity (Wildman–Crippen MR) is 107 cm³/mol. The van der Waals surface area contributed by atoms with Crippen LogP contribution >= 0.6 is 0 Å². The third kappa shape index (κ3) is 5.66. The molecule has 150 valence electrons. The van der Waals surface area contributed by atoms with E-state index < -0.39 is 0 Å². The number of halogens is 1. The molecule has 1 aromatic carbocycles. The summed E-state index contributed by atoms with van der Waals surface area (Å²) in [7, 11) is 0. The predicted octanol–water partition coefficient (Wildman–Crippen LogP) is 2.88. The molecular formula is C21H27FN4O2. The molecule has 2 N–H and O–H groups in total. The maximum atomic E-state index is 14.6. The van der Waals surface area contributed by atoms with Crippen LogP contribution in [-0.2, 0) is 17.7 Å². The van der Waals surface area contributed by atoms with E-state index in [2.05, 4.69) is 15.6 Å². The van der Waals surface area contributed by atoms with Gasteiger partial charge in [0.1, 0.15) is 5.82 Å². The number of carbonyl (C=O) groups is 1. The van der Waals surface area contributed by atoms with E-state index in [0.717, 1.165) is 11.3 Å². The third-order valence-corrected chi connectivity index (χ3v) is 4.62. The van der Waals surface area contributed by atoms with E-state index in [1.807, 2.05) is 43.0 Å². The molecule has 2 heterocycles. The number of morpholine rings is 1. The van der Waals surface area contributed by atoms with Gasteiger partial charge in [0.25, 0.3) is 0 Å². The lowest BCUT2D eigenvalue weighted by atomic mass is 10.1. The number of urea groups is 1. The number of pyridine rings is 1. The second-order valence-corrected chi connectivity index (χ2v) is 7.13. The van der Waals surface area contributed by atoms with E-state index in [1.165, 1.54) is 6.07 Å². The topological polar surface area (TPSA) is 66.5 Å². The molecule has 0 saturated carbocycles. The Morgan fingerprint density at radius 1 is 1.21 bits per heavy atom. The van der Waals surface area contributed by atoms with E-state index in [-0.39, 0.29) is 30.6 Å². The van der Waals surface area contributed by atoms with E-state index in [1.54, 1.807) is 12.3 Å². The van der Waals surface area contributed by atoms with Crippen LogP contribution in [0.1, 0.15) is 25.1 Å². The molecule has 3 rings (SSSR count). The van der Waals surface area contributed by atoms with Crippen LogP contribution in [0.4, 0.5) is 14.9 Å². The number of carbonyl (C=O) groups excluding carboxylic acids is 1. The summed E-state index contributed by atoms with van der Waals surface area (Å²) in [6.45, 7) is 6.07. The van der Waals surface area contributed by atoms with Gasteiger partial charge in [0.15, 0.2) is 0 Å². The van der Waals surface area contributed by atoms with Gasteiger partial charge >= 0.3 is 6.03 Å². The van der Waals surface area contributed by atoms with Gasteiger partial charge in [-0.15, -0.1) is 0 Å². The van der Waals surface area contributed by atoms with Crippen LogP contribution in [0, 0.1) is 5.82 Å². The third-order valence-electron chi connectivity index (χ3n) is 4.62. The van der Waals surface area contributed by atoms with Crippen molar-refractivity contribution in [2.24, 2.45) is 0 Å². The maximum Gasteiger partial charge on any atom is 0.315 e. The maximum absolute atomic E-state index is 14.6. The number of amides is 2. The van der Waals surface area contributed by atoms with E-state index in [4.69, 9.17) is 4.74 Å². The van der Waals surface area contributed by atoms with Gasteiger partial charge in [-0.05, 0) is 43.7 Å². The number of aromatic nitrogens is 1. The van der Waals surface area contributed by atoms with Gasteiger partial charge < -0.3 is 20.3 Å². The molecule has 7 heteroatoms. The van der Waals surface area contributed by atoms with Gasteiger partial charge in [-0.3, -0.25) is 4.98 Å². The first-order chi connectivity index (χ1) is 13.5. The van der Waals surface area contributed by atoms with Crippen molar-refractivity contribution in [1.29, 1.82) is 0 Å². The van der Waals surface area contributed by atoms with Crippen LogP contribution in [0.3, 0.4) is 0 Å². The van der Waals surface area contributed by atoms with Crippen molar-refractivity contribution in [2.45, 2.75) is 39.0 Å². The number of hydrogen-bond acceptors (Lipinski definition) is 4. The van der Waals surface area contributed by atoms with Crippen molar-refractivity contribution in [3.8, 4) is 0 Å².